The monoisotopic (exact) mass is 360 g/mol. The number of rotatable bonds is 9. The number of benzene rings is 2. The summed E-state index contributed by atoms with van der Waals surface area (Å²) >= 11 is 0. The van der Waals surface area contributed by atoms with Gasteiger partial charge in [-0.3, -0.25) is 4.72 Å². The first kappa shape index (κ1) is 19.3. The fraction of sp³-hybridized carbons (Fsp3) is 0.400. The molecule has 2 rings (SSSR count). The number of sulfonamides is 1. The summed E-state index contributed by atoms with van der Waals surface area (Å²) in [5, 5.41) is 2.92. The van der Waals surface area contributed by atoms with E-state index in [0.29, 0.717) is 12.2 Å². The van der Waals surface area contributed by atoms with Crippen LogP contribution in [0.25, 0.3) is 0 Å². The van der Waals surface area contributed by atoms with Crippen molar-refractivity contribution in [3.8, 4) is 0 Å². The Bertz CT molecular complexity index is 769. The summed E-state index contributed by atoms with van der Waals surface area (Å²) in [6.45, 7) is 6.17. The molecule has 5 heteroatoms. The van der Waals surface area contributed by atoms with Gasteiger partial charge in [-0.05, 0) is 62.1 Å². The maximum atomic E-state index is 12.0. The van der Waals surface area contributed by atoms with Crippen LogP contribution in [-0.4, -0.2) is 13.7 Å². The third kappa shape index (κ3) is 6.09. The lowest BCUT2D eigenvalue weighted by Gasteiger charge is -2.12. The van der Waals surface area contributed by atoms with Gasteiger partial charge in [-0.25, -0.2) is 8.42 Å². The van der Waals surface area contributed by atoms with E-state index in [1.165, 1.54) is 18.4 Å². The maximum absolute atomic E-state index is 12.0. The molecule has 2 aromatic carbocycles. The molecule has 0 aliphatic carbocycles. The highest BCUT2D eigenvalue weighted by Gasteiger charge is 2.15. The van der Waals surface area contributed by atoms with E-state index in [2.05, 4.69) is 41.2 Å². The van der Waals surface area contributed by atoms with Crippen molar-refractivity contribution in [1.82, 2.24) is 0 Å². The molecule has 2 N–H and O–H groups in total. The Morgan fingerprint density at radius 1 is 0.960 bits per heavy atom. The van der Waals surface area contributed by atoms with E-state index in [9.17, 15) is 8.42 Å². The predicted molar refractivity (Wildman–Crippen MR) is 107 cm³/mol. The van der Waals surface area contributed by atoms with Crippen molar-refractivity contribution in [2.75, 3.05) is 10.0 Å². The Morgan fingerprint density at radius 3 is 2.32 bits per heavy atom. The van der Waals surface area contributed by atoms with Crippen LogP contribution in [-0.2, 0) is 23.0 Å². The van der Waals surface area contributed by atoms with Crippen molar-refractivity contribution in [3.63, 3.8) is 0 Å². The zero-order chi connectivity index (χ0) is 18.3. The number of hydrogen-bond acceptors (Lipinski definition) is 3. The van der Waals surface area contributed by atoms with E-state index < -0.39 is 15.3 Å². The third-order valence-corrected chi connectivity index (χ3v) is 5.84. The molecule has 0 radical (unpaired) electrons. The van der Waals surface area contributed by atoms with E-state index in [4.69, 9.17) is 0 Å². The van der Waals surface area contributed by atoms with Crippen molar-refractivity contribution in [2.24, 2.45) is 0 Å². The number of unbranched alkanes of at least 4 members (excludes halogenated alkanes) is 1. The molecule has 0 bridgehead atoms. The van der Waals surface area contributed by atoms with Gasteiger partial charge in [-0.1, -0.05) is 37.6 Å². The summed E-state index contributed by atoms with van der Waals surface area (Å²) in [5.74, 6) is 0. The molecule has 0 saturated carbocycles. The second kappa shape index (κ2) is 8.90. The lowest BCUT2D eigenvalue weighted by molar-refractivity contribution is 0.593. The average Bonchev–Trinajstić information content (AvgIpc) is 2.59. The first-order chi connectivity index (χ1) is 11.9. The van der Waals surface area contributed by atoms with E-state index in [1.807, 2.05) is 18.2 Å². The molecule has 0 heterocycles. The highest BCUT2D eigenvalue weighted by molar-refractivity contribution is 7.93. The maximum Gasteiger partial charge on any atom is 0.235 e. The summed E-state index contributed by atoms with van der Waals surface area (Å²) in [5.41, 5.74) is 4.05. The summed E-state index contributed by atoms with van der Waals surface area (Å²) in [7, 11) is -3.32. The third-order valence-electron chi connectivity index (χ3n) is 4.08. The van der Waals surface area contributed by atoms with Gasteiger partial charge in [0.05, 0.1) is 5.25 Å². The van der Waals surface area contributed by atoms with Crippen LogP contribution in [0.2, 0.25) is 0 Å². The van der Waals surface area contributed by atoms with Gasteiger partial charge in [0.15, 0.2) is 0 Å². The zero-order valence-electron chi connectivity index (χ0n) is 15.2. The smallest absolute Gasteiger partial charge is 0.235 e. The van der Waals surface area contributed by atoms with E-state index >= 15 is 0 Å². The van der Waals surface area contributed by atoms with Crippen LogP contribution in [0.15, 0.2) is 48.5 Å². The molecule has 0 aromatic heterocycles. The second-order valence-corrected chi connectivity index (χ2v) is 8.79. The molecule has 25 heavy (non-hydrogen) atoms. The van der Waals surface area contributed by atoms with Crippen molar-refractivity contribution < 1.29 is 8.42 Å². The molecule has 0 fully saturated rings. The summed E-state index contributed by atoms with van der Waals surface area (Å²) < 4.78 is 26.6. The molecular formula is C20H28N2O2S. The standard InChI is InChI=1S/C20H28N2O2S/c1-4-5-7-17-10-12-19(13-11-17)21-15-18-8-6-9-20(14-18)22-25(23,24)16(2)3/h6,8-14,16,21-22H,4-5,7,15H2,1-3H3. The highest BCUT2D eigenvalue weighted by atomic mass is 32.2. The van der Waals surface area contributed by atoms with Crippen LogP contribution in [0.1, 0.15) is 44.7 Å². The van der Waals surface area contributed by atoms with Gasteiger partial charge in [0.25, 0.3) is 0 Å². The lowest BCUT2D eigenvalue weighted by Crippen LogP contribution is -2.22. The Labute approximate surface area is 151 Å². The van der Waals surface area contributed by atoms with E-state index in [0.717, 1.165) is 17.7 Å². The largest absolute Gasteiger partial charge is 0.381 e. The van der Waals surface area contributed by atoms with Gasteiger partial charge in [0.1, 0.15) is 0 Å². The predicted octanol–water partition coefficient (Wildman–Crippen LogP) is 4.79. The summed E-state index contributed by atoms with van der Waals surface area (Å²) in [6, 6.07) is 16.0. The van der Waals surface area contributed by atoms with Crippen LogP contribution in [0.3, 0.4) is 0 Å². The fourth-order valence-electron chi connectivity index (χ4n) is 2.40. The number of hydrogen-bond donors (Lipinski definition) is 2. The van der Waals surface area contributed by atoms with Crippen molar-refractivity contribution in [1.29, 1.82) is 0 Å². The highest BCUT2D eigenvalue weighted by Crippen LogP contribution is 2.17. The minimum absolute atomic E-state index is 0.458. The van der Waals surface area contributed by atoms with Gasteiger partial charge in [0, 0.05) is 17.9 Å². The molecule has 4 nitrogen and oxygen atoms in total. The Balaban J connectivity index is 1.96. The van der Waals surface area contributed by atoms with E-state index in [1.54, 1.807) is 19.9 Å². The quantitative estimate of drug-likeness (QED) is 0.676. The first-order valence-electron chi connectivity index (χ1n) is 8.84. The SMILES string of the molecule is CCCCc1ccc(NCc2cccc(NS(=O)(=O)C(C)C)c2)cc1. The fourth-order valence-corrected chi connectivity index (χ4v) is 3.09. The molecule has 0 atom stereocenters. The molecule has 0 aliphatic rings. The molecular weight excluding hydrogens is 332 g/mol. The Kier molecular flexibility index (Phi) is 6.88. The number of nitrogens with one attached hydrogen (secondary N) is 2. The molecule has 2 aromatic rings. The lowest BCUT2D eigenvalue weighted by atomic mass is 10.1. The van der Waals surface area contributed by atoms with Gasteiger partial charge in [-0.2, -0.15) is 0 Å². The van der Waals surface area contributed by atoms with Crippen molar-refractivity contribution in [3.05, 3.63) is 59.7 Å². The average molecular weight is 361 g/mol. The molecule has 0 amide bonds. The minimum Gasteiger partial charge on any atom is -0.381 e. The number of anilines is 2. The van der Waals surface area contributed by atoms with Crippen LogP contribution >= 0.6 is 0 Å². The Hall–Kier alpha value is -2.01. The first-order valence-corrected chi connectivity index (χ1v) is 10.4. The molecule has 0 aliphatic heterocycles. The van der Waals surface area contributed by atoms with Crippen molar-refractivity contribution >= 4 is 21.4 Å². The van der Waals surface area contributed by atoms with Gasteiger partial charge < -0.3 is 5.32 Å². The Morgan fingerprint density at radius 2 is 1.68 bits per heavy atom. The molecule has 136 valence electrons. The van der Waals surface area contributed by atoms with Gasteiger partial charge in [-0.15, -0.1) is 0 Å². The normalized spacial score (nSPS) is 11.5. The second-order valence-electron chi connectivity index (χ2n) is 6.55. The van der Waals surface area contributed by atoms with Crippen LogP contribution in [0.4, 0.5) is 11.4 Å². The minimum atomic E-state index is -3.32. The topological polar surface area (TPSA) is 58.2 Å². The van der Waals surface area contributed by atoms with E-state index in [-0.39, 0.29) is 0 Å². The summed E-state index contributed by atoms with van der Waals surface area (Å²) in [4.78, 5) is 0. The van der Waals surface area contributed by atoms with Gasteiger partial charge in [0.2, 0.25) is 10.0 Å². The molecule has 0 unspecified atom stereocenters. The number of aryl methyl sites for hydroxylation is 1. The zero-order valence-corrected chi connectivity index (χ0v) is 16.1. The van der Waals surface area contributed by atoms with Crippen LogP contribution in [0, 0.1) is 0 Å². The van der Waals surface area contributed by atoms with Crippen LogP contribution in [0.5, 0.6) is 0 Å². The molecule has 0 saturated heterocycles. The summed E-state index contributed by atoms with van der Waals surface area (Å²) in [6.07, 6.45) is 3.54. The van der Waals surface area contributed by atoms with Crippen LogP contribution < -0.4 is 10.0 Å². The van der Waals surface area contributed by atoms with Gasteiger partial charge >= 0.3 is 0 Å². The van der Waals surface area contributed by atoms with Crippen molar-refractivity contribution in [2.45, 2.75) is 51.8 Å². The molecule has 0 spiro atoms.